The number of aromatic hydroxyl groups is 2. The summed E-state index contributed by atoms with van der Waals surface area (Å²) in [6.45, 7) is 12.1. The zero-order valence-corrected chi connectivity index (χ0v) is 15.8. The number of rotatable bonds is 2. The van der Waals surface area contributed by atoms with E-state index in [2.05, 4.69) is 5.32 Å². The van der Waals surface area contributed by atoms with Gasteiger partial charge in [-0.2, -0.15) is 0 Å². The summed E-state index contributed by atoms with van der Waals surface area (Å²) in [4.78, 5) is 12.7. The molecule has 0 fully saturated rings. The zero-order chi connectivity index (χ0) is 19.0. The van der Waals surface area contributed by atoms with Crippen LogP contribution in [0.15, 0.2) is 36.4 Å². The molecular weight excluding hydrogens is 314 g/mol. The number of phenolic OH excluding ortho intramolecular Hbond substituents is 2. The molecule has 2 aromatic rings. The van der Waals surface area contributed by atoms with Gasteiger partial charge in [-0.15, -0.1) is 0 Å². The summed E-state index contributed by atoms with van der Waals surface area (Å²) in [7, 11) is 0. The van der Waals surface area contributed by atoms with Crippen LogP contribution in [0.3, 0.4) is 0 Å². The Morgan fingerprint density at radius 3 is 1.68 bits per heavy atom. The minimum absolute atomic E-state index is 0.146. The Balaban J connectivity index is 2.49. The third-order valence-corrected chi connectivity index (χ3v) is 4.11. The molecule has 2 rings (SSSR count). The molecule has 0 bridgehead atoms. The highest BCUT2D eigenvalue weighted by molar-refractivity contribution is 6.04. The molecule has 0 saturated carbocycles. The molecule has 0 aromatic heterocycles. The number of hydrogen-bond donors (Lipinski definition) is 3. The fourth-order valence-corrected chi connectivity index (χ4v) is 2.66. The standard InChI is InChI=1S/C21H27NO3/c1-20(2,3)16-11-13(12-17(18(16)24)21(4,5)6)19(25)22-14-7-9-15(23)10-8-14/h7-12,23-24H,1-6H3,(H,22,25). The molecule has 134 valence electrons. The highest BCUT2D eigenvalue weighted by atomic mass is 16.3. The molecule has 3 N–H and O–H groups in total. The first-order chi connectivity index (χ1) is 11.4. The smallest absolute Gasteiger partial charge is 0.255 e. The lowest BCUT2D eigenvalue weighted by molar-refractivity contribution is 0.102. The largest absolute Gasteiger partial charge is 0.508 e. The van der Waals surface area contributed by atoms with Crippen LogP contribution in [0.1, 0.15) is 63.0 Å². The maximum Gasteiger partial charge on any atom is 0.255 e. The molecule has 0 atom stereocenters. The van der Waals surface area contributed by atoms with Gasteiger partial charge in [-0.3, -0.25) is 4.79 Å². The summed E-state index contributed by atoms with van der Waals surface area (Å²) in [6, 6.07) is 9.83. The molecule has 0 spiro atoms. The van der Waals surface area contributed by atoms with Crippen LogP contribution in [0.2, 0.25) is 0 Å². The number of phenols is 2. The van der Waals surface area contributed by atoms with Crippen molar-refractivity contribution < 1.29 is 15.0 Å². The Bertz CT molecular complexity index is 743. The van der Waals surface area contributed by atoms with Crippen LogP contribution >= 0.6 is 0 Å². The second-order valence-electron chi connectivity index (χ2n) is 8.42. The molecule has 1 amide bonds. The molecular formula is C21H27NO3. The SMILES string of the molecule is CC(C)(C)c1cc(C(=O)Nc2ccc(O)cc2)cc(C(C)(C)C)c1O. The normalized spacial score (nSPS) is 12.1. The van der Waals surface area contributed by atoms with Gasteiger partial charge in [0.15, 0.2) is 0 Å². The van der Waals surface area contributed by atoms with E-state index in [1.54, 1.807) is 24.3 Å². The first kappa shape index (κ1) is 18.8. The summed E-state index contributed by atoms with van der Waals surface area (Å²) in [5.41, 5.74) is 2.01. The van der Waals surface area contributed by atoms with Gasteiger partial charge in [0.1, 0.15) is 11.5 Å². The fraction of sp³-hybridized carbons (Fsp3) is 0.381. The Labute approximate surface area is 149 Å². The summed E-state index contributed by atoms with van der Waals surface area (Å²) in [6.07, 6.45) is 0. The molecule has 0 heterocycles. The van der Waals surface area contributed by atoms with Gasteiger partial charge in [0.05, 0.1) is 0 Å². The number of carbonyl (C=O) groups excluding carboxylic acids is 1. The Morgan fingerprint density at radius 1 is 0.840 bits per heavy atom. The van der Waals surface area contributed by atoms with Crippen LogP contribution in [0.25, 0.3) is 0 Å². The predicted octanol–water partition coefficient (Wildman–Crippen LogP) is 4.95. The van der Waals surface area contributed by atoms with Crippen molar-refractivity contribution in [2.45, 2.75) is 52.4 Å². The predicted molar refractivity (Wildman–Crippen MR) is 102 cm³/mol. The third kappa shape index (κ3) is 4.32. The fourth-order valence-electron chi connectivity index (χ4n) is 2.66. The lowest BCUT2D eigenvalue weighted by Crippen LogP contribution is -2.20. The molecule has 0 saturated heterocycles. The van der Waals surface area contributed by atoms with E-state index in [0.717, 1.165) is 11.1 Å². The molecule has 4 nitrogen and oxygen atoms in total. The van der Waals surface area contributed by atoms with Gasteiger partial charge in [-0.1, -0.05) is 41.5 Å². The van der Waals surface area contributed by atoms with E-state index in [-0.39, 0.29) is 28.2 Å². The van der Waals surface area contributed by atoms with Crippen LogP contribution in [0, 0.1) is 0 Å². The van der Waals surface area contributed by atoms with Crippen molar-refractivity contribution in [2.75, 3.05) is 5.32 Å². The van der Waals surface area contributed by atoms with Gasteiger partial charge in [0.2, 0.25) is 0 Å². The minimum Gasteiger partial charge on any atom is -0.508 e. The Hall–Kier alpha value is -2.49. The number of amides is 1. The van der Waals surface area contributed by atoms with E-state index < -0.39 is 0 Å². The van der Waals surface area contributed by atoms with E-state index in [1.807, 2.05) is 41.5 Å². The summed E-state index contributed by atoms with van der Waals surface area (Å²) < 4.78 is 0. The number of nitrogens with one attached hydrogen (secondary N) is 1. The molecule has 4 heteroatoms. The molecule has 2 aromatic carbocycles. The van der Waals surface area contributed by atoms with E-state index in [0.29, 0.717) is 11.3 Å². The number of hydrogen-bond acceptors (Lipinski definition) is 3. The number of benzene rings is 2. The van der Waals surface area contributed by atoms with E-state index in [1.165, 1.54) is 12.1 Å². The van der Waals surface area contributed by atoms with Gasteiger partial charge in [0.25, 0.3) is 5.91 Å². The first-order valence-electron chi connectivity index (χ1n) is 8.38. The summed E-state index contributed by atoms with van der Waals surface area (Å²) in [5, 5.41) is 22.9. The van der Waals surface area contributed by atoms with E-state index in [9.17, 15) is 15.0 Å². The number of carbonyl (C=O) groups is 1. The molecule has 25 heavy (non-hydrogen) atoms. The van der Waals surface area contributed by atoms with Gasteiger partial charge in [-0.25, -0.2) is 0 Å². The second kappa shape index (κ2) is 6.43. The monoisotopic (exact) mass is 341 g/mol. The minimum atomic E-state index is -0.293. The van der Waals surface area contributed by atoms with Crippen LogP contribution in [0.4, 0.5) is 5.69 Å². The molecule has 0 radical (unpaired) electrons. The zero-order valence-electron chi connectivity index (χ0n) is 15.8. The summed E-state index contributed by atoms with van der Waals surface area (Å²) >= 11 is 0. The van der Waals surface area contributed by atoms with Gasteiger partial charge in [0, 0.05) is 22.4 Å². The molecule has 0 aliphatic heterocycles. The number of anilines is 1. The van der Waals surface area contributed by atoms with Crippen LogP contribution in [-0.2, 0) is 10.8 Å². The van der Waals surface area contributed by atoms with Crippen molar-refractivity contribution in [2.24, 2.45) is 0 Å². The Kier molecular flexibility index (Phi) is 4.85. The van der Waals surface area contributed by atoms with Gasteiger partial charge in [-0.05, 0) is 47.2 Å². The average molecular weight is 341 g/mol. The van der Waals surface area contributed by atoms with Crippen molar-refractivity contribution in [1.29, 1.82) is 0 Å². The lowest BCUT2D eigenvalue weighted by Gasteiger charge is -2.28. The first-order valence-corrected chi connectivity index (χ1v) is 8.38. The molecule has 0 unspecified atom stereocenters. The van der Waals surface area contributed by atoms with E-state index >= 15 is 0 Å². The highest BCUT2D eigenvalue weighted by Crippen LogP contribution is 2.39. The van der Waals surface area contributed by atoms with Gasteiger partial charge >= 0.3 is 0 Å². The van der Waals surface area contributed by atoms with Crippen molar-refractivity contribution in [3.05, 3.63) is 53.1 Å². The maximum atomic E-state index is 12.7. The second-order valence-corrected chi connectivity index (χ2v) is 8.42. The van der Waals surface area contributed by atoms with E-state index in [4.69, 9.17) is 0 Å². The van der Waals surface area contributed by atoms with Crippen molar-refractivity contribution in [3.8, 4) is 11.5 Å². The highest BCUT2D eigenvalue weighted by Gasteiger charge is 2.27. The molecule has 0 aliphatic rings. The van der Waals surface area contributed by atoms with Crippen LogP contribution in [-0.4, -0.2) is 16.1 Å². The lowest BCUT2D eigenvalue weighted by atomic mass is 9.78. The topological polar surface area (TPSA) is 69.6 Å². The van der Waals surface area contributed by atoms with Crippen molar-refractivity contribution in [3.63, 3.8) is 0 Å². The van der Waals surface area contributed by atoms with Crippen LogP contribution < -0.4 is 5.32 Å². The van der Waals surface area contributed by atoms with Crippen molar-refractivity contribution in [1.82, 2.24) is 0 Å². The summed E-state index contributed by atoms with van der Waals surface area (Å²) in [5.74, 6) is 0.149. The van der Waals surface area contributed by atoms with Crippen molar-refractivity contribution >= 4 is 11.6 Å². The van der Waals surface area contributed by atoms with Crippen LogP contribution in [0.5, 0.6) is 11.5 Å². The Morgan fingerprint density at radius 2 is 1.28 bits per heavy atom. The molecule has 0 aliphatic carbocycles. The maximum absolute atomic E-state index is 12.7. The average Bonchev–Trinajstić information content (AvgIpc) is 2.47. The quantitative estimate of drug-likeness (QED) is 0.677. The third-order valence-electron chi connectivity index (χ3n) is 4.11. The van der Waals surface area contributed by atoms with Gasteiger partial charge < -0.3 is 15.5 Å².